The molecule has 2 heterocycles. The predicted molar refractivity (Wildman–Crippen MR) is 123 cm³/mol. The molecule has 0 spiro atoms. The number of benzene rings is 2. The molecule has 0 atom stereocenters. The average Bonchev–Trinajstić information content (AvgIpc) is 3.55. The molecule has 1 aliphatic heterocycles. The number of amides is 1. The van der Waals surface area contributed by atoms with Crippen molar-refractivity contribution in [3.63, 3.8) is 0 Å². The van der Waals surface area contributed by atoms with Gasteiger partial charge < -0.3 is 14.5 Å². The molecule has 6 nitrogen and oxygen atoms in total. The van der Waals surface area contributed by atoms with E-state index >= 15 is 0 Å². The lowest BCUT2D eigenvalue weighted by molar-refractivity contribution is 0.0983. The van der Waals surface area contributed by atoms with Crippen LogP contribution in [-0.4, -0.2) is 34.8 Å². The van der Waals surface area contributed by atoms with Crippen molar-refractivity contribution in [3.8, 4) is 11.6 Å². The molecule has 8 heteroatoms. The number of carbonyl (C=O) groups is 1. The molecule has 0 saturated heterocycles. The normalized spacial score (nSPS) is 15.7. The fourth-order valence-electron chi connectivity index (χ4n) is 4.16. The van der Waals surface area contributed by atoms with Gasteiger partial charge in [-0.3, -0.25) is 4.79 Å². The lowest BCUT2D eigenvalue weighted by atomic mass is 10.1. The molecule has 0 radical (unpaired) electrons. The van der Waals surface area contributed by atoms with Crippen LogP contribution >= 0.6 is 23.2 Å². The van der Waals surface area contributed by atoms with Gasteiger partial charge in [-0.1, -0.05) is 35.3 Å². The number of hydrogen-bond donors (Lipinski definition) is 0. The lowest BCUT2D eigenvalue weighted by Gasteiger charge is -2.38. The number of hydrogen-bond acceptors (Lipinski definition) is 4. The topological polar surface area (TPSA) is 50.6 Å². The van der Waals surface area contributed by atoms with Crippen LogP contribution in [0.5, 0.6) is 11.6 Å². The monoisotopic (exact) mass is 456 g/mol. The molecule has 31 heavy (non-hydrogen) atoms. The van der Waals surface area contributed by atoms with Crippen LogP contribution in [0.1, 0.15) is 28.9 Å². The minimum Gasteiger partial charge on any atom is -0.437 e. The number of rotatable bonds is 4. The van der Waals surface area contributed by atoms with Crippen molar-refractivity contribution in [1.29, 1.82) is 0 Å². The van der Waals surface area contributed by atoms with Crippen molar-refractivity contribution < 1.29 is 9.53 Å². The van der Waals surface area contributed by atoms with Crippen LogP contribution in [0.3, 0.4) is 0 Å². The Hall–Kier alpha value is -2.70. The zero-order valence-corrected chi connectivity index (χ0v) is 18.8. The Kier molecular flexibility index (Phi) is 5.07. The number of aromatic nitrogens is 2. The Labute approximate surface area is 190 Å². The predicted octanol–water partition coefficient (Wildman–Crippen LogP) is 5.46. The van der Waals surface area contributed by atoms with Gasteiger partial charge in [0.15, 0.2) is 0 Å². The molecule has 0 N–H and O–H groups in total. The maximum absolute atomic E-state index is 13.8. The van der Waals surface area contributed by atoms with E-state index in [0.29, 0.717) is 45.5 Å². The van der Waals surface area contributed by atoms with E-state index in [1.54, 1.807) is 29.9 Å². The van der Waals surface area contributed by atoms with Gasteiger partial charge >= 0.3 is 0 Å². The third-order valence-electron chi connectivity index (χ3n) is 5.76. The van der Waals surface area contributed by atoms with Crippen LogP contribution in [0.2, 0.25) is 10.0 Å². The van der Waals surface area contributed by atoms with E-state index in [1.807, 2.05) is 30.0 Å². The summed E-state index contributed by atoms with van der Waals surface area (Å²) >= 11 is 12.4. The van der Waals surface area contributed by atoms with Gasteiger partial charge in [0.1, 0.15) is 11.3 Å². The number of ether oxygens (including phenoxy) is 1. The van der Waals surface area contributed by atoms with Crippen molar-refractivity contribution >= 4 is 40.5 Å². The van der Waals surface area contributed by atoms with Gasteiger partial charge in [0.2, 0.25) is 5.88 Å². The first-order valence-corrected chi connectivity index (χ1v) is 11.0. The second kappa shape index (κ2) is 7.77. The van der Waals surface area contributed by atoms with E-state index in [4.69, 9.17) is 27.9 Å². The van der Waals surface area contributed by atoms with Gasteiger partial charge in [0.25, 0.3) is 5.91 Å². The largest absolute Gasteiger partial charge is 0.437 e. The highest BCUT2D eigenvalue weighted by Crippen LogP contribution is 2.41. The van der Waals surface area contributed by atoms with Crippen LogP contribution < -0.4 is 14.5 Å². The minimum atomic E-state index is -0.137. The third kappa shape index (κ3) is 3.64. The zero-order chi connectivity index (χ0) is 21.7. The first-order chi connectivity index (χ1) is 14.9. The van der Waals surface area contributed by atoms with Gasteiger partial charge in [-0.25, -0.2) is 4.68 Å². The summed E-state index contributed by atoms with van der Waals surface area (Å²) in [4.78, 5) is 18.0. The molecule has 2 aliphatic rings. The second-order valence-electron chi connectivity index (χ2n) is 7.94. The lowest BCUT2D eigenvalue weighted by Crippen LogP contribution is -2.45. The van der Waals surface area contributed by atoms with E-state index in [9.17, 15) is 4.79 Å². The summed E-state index contributed by atoms with van der Waals surface area (Å²) in [5, 5.41) is 5.35. The van der Waals surface area contributed by atoms with Crippen molar-refractivity contribution in [2.24, 2.45) is 7.05 Å². The molecule has 1 fully saturated rings. The van der Waals surface area contributed by atoms with Crippen molar-refractivity contribution in [2.75, 3.05) is 22.9 Å². The standard InChI is InChI=1S/C23H22Cl2N4O2/c1-14-21(23(27(2)26-14)31-20-13-15(24)7-10-17(20)25)22(30)29-12-11-28(16-8-9-16)18-5-3-4-6-19(18)29/h3-7,10,13,16H,8-9,11-12H2,1-2H3. The summed E-state index contributed by atoms with van der Waals surface area (Å²) in [5.74, 6) is 0.584. The van der Waals surface area contributed by atoms with E-state index in [-0.39, 0.29) is 5.91 Å². The summed E-state index contributed by atoms with van der Waals surface area (Å²) in [7, 11) is 1.75. The molecule has 1 saturated carbocycles. The number of halogens is 2. The zero-order valence-electron chi connectivity index (χ0n) is 17.3. The van der Waals surface area contributed by atoms with Gasteiger partial charge in [0.05, 0.1) is 22.1 Å². The molecule has 5 rings (SSSR count). The Morgan fingerprint density at radius 3 is 2.58 bits per heavy atom. The molecule has 160 valence electrons. The Balaban J connectivity index is 1.53. The first kappa shape index (κ1) is 20.2. The number of anilines is 2. The molecule has 1 aliphatic carbocycles. The maximum atomic E-state index is 13.8. The summed E-state index contributed by atoms with van der Waals surface area (Å²) in [6, 6.07) is 13.6. The van der Waals surface area contributed by atoms with Gasteiger partial charge in [-0.15, -0.1) is 0 Å². The van der Waals surface area contributed by atoms with Crippen LogP contribution in [0, 0.1) is 6.92 Å². The average molecular weight is 457 g/mol. The summed E-state index contributed by atoms with van der Waals surface area (Å²) < 4.78 is 7.63. The Bertz CT molecular complexity index is 1170. The van der Waals surface area contributed by atoms with E-state index < -0.39 is 0 Å². The summed E-state index contributed by atoms with van der Waals surface area (Å²) in [6.07, 6.45) is 2.42. The van der Waals surface area contributed by atoms with Crippen LogP contribution in [0.25, 0.3) is 0 Å². The number of carbonyl (C=O) groups excluding carboxylic acids is 1. The second-order valence-corrected chi connectivity index (χ2v) is 8.78. The Morgan fingerprint density at radius 1 is 1.10 bits per heavy atom. The summed E-state index contributed by atoms with van der Waals surface area (Å²) in [6.45, 7) is 3.23. The van der Waals surface area contributed by atoms with E-state index in [1.165, 1.54) is 12.8 Å². The first-order valence-electron chi connectivity index (χ1n) is 10.3. The molecular weight excluding hydrogens is 435 g/mol. The quantitative estimate of drug-likeness (QED) is 0.523. The third-order valence-corrected chi connectivity index (χ3v) is 6.31. The maximum Gasteiger partial charge on any atom is 0.265 e. The van der Waals surface area contributed by atoms with Crippen LogP contribution in [0.15, 0.2) is 42.5 Å². The molecule has 1 amide bonds. The Morgan fingerprint density at radius 2 is 1.84 bits per heavy atom. The molecule has 1 aromatic heterocycles. The van der Waals surface area contributed by atoms with Gasteiger partial charge in [0, 0.05) is 37.3 Å². The van der Waals surface area contributed by atoms with Crippen molar-refractivity contribution in [2.45, 2.75) is 25.8 Å². The van der Waals surface area contributed by atoms with Crippen molar-refractivity contribution in [1.82, 2.24) is 9.78 Å². The fourth-order valence-corrected chi connectivity index (χ4v) is 4.47. The highest BCUT2D eigenvalue weighted by atomic mass is 35.5. The SMILES string of the molecule is Cc1nn(C)c(Oc2cc(Cl)ccc2Cl)c1C(=O)N1CCN(C2CC2)c2ccccc21. The van der Waals surface area contributed by atoms with E-state index in [0.717, 1.165) is 17.9 Å². The molecule has 0 bridgehead atoms. The van der Waals surface area contributed by atoms with Crippen LogP contribution in [0.4, 0.5) is 11.4 Å². The van der Waals surface area contributed by atoms with Gasteiger partial charge in [-0.05, 0) is 44.0 Å². The number of para-hydroxylation sites is 2. The molecule has 3 aromatic rings. The summed E-state index contributed by atoms with van der Waals surface area (Å²) in [5.41, 5.74) is 3.04. The van der Waals surface area contributed by atoms with E-state index in [2.05, 4.69) is 16.1 Å². The molecule has 2 aromatic carbocycles. The highest BCUT2D eigenvalue weighted by Gasteiger charge is 2.37. The fraction of sp³-hybridized carbons (Fsp3) is 0.304. The van der Waals surface area contributed by atoms with Gasteiger partial charge in [-0.2, -0.15) is 5.10 Å². The highest BCUT2D eigenvalue weighted by molar-refractivity contribution is 6.34. The van der Waals surface area contributed by atoms with Crippen LogP contribution in [-0.2, 0) is 7.05 Å². The smallest absolute Gasteiger partial charge is 0.265 e. The number of nitrogens with zero attached hydrogens (tertiary/aromatic N) is 4. The number of fused-ring (bicyclic) bond motifs is 1. The molecular formula is C23H22Cl2N4O2. The minimum absolute atomic E-state index is 0.137. The van der Waals surface area contributed by atoms with Crippen molar-refractivity contribution in [3.05, 3.63) is 63.8 Å². The molecule has 0 unspecified atom stereocenters. The number of aryl methyl sites for hydroxylation is 2.